The molecule has 0 spiro atoms. The van der Waals surface area contributed by atoms with E-state index in [4.69, 9.17) is 4.74 Å². The highest BCUT2D eigenvalue weighted by molar-refractivity contribution is 6.00. The fourth-order valence-electron chi connectivity index (χ4n) is 2.78. The largest absolute Gasteiger partial charge is 0.508 e. The summed E-state index contributed by atoms with van der Waals surface area (Å²) in [4.78, 5) is 13.8. The number of halogens is 3. The average Bonchev–Trinajstić information content (AvgIpc) is 2.84. The molecule has 1 amide bonds. The summed E-state index contributed by atoms with van der Waals surface area (Å²) >= 11 is 0. The summed E-state index contributed by atoms with van der Waals surface area (Å²) in [5.41, 5.74) is -0.280. The van der Waals surface area contributed by atoms with Gasteiger partial charge in [0, 0.05) is 13.1 Å². The van der Waals surface area contributed by atoms with Crippen molar-refractivity contribution in [1.82, 2.24) is 4.90 Å². The van der Waals surface area contributed by atoms with E-state index < -0.39 is 17.6 Å². The maximum absolute atomic E-state index is 13.3. The lowest BCUT2D eigenvalue weighted by molar-refractivity contribution is -0.138. The van der Waals surface area contributed by atoms with Crippen molar-refractivity contribution in [3.8, 4) is 11.5 Å². The quantitative estimate of drug-likeness (QED) is 0.931. The number of amides is 1. The molecule has 7 heteroatoms. The van der Waals surface area contributed by atoms with Crippen LogP contribution >= 0.6 is 0 Å². The number of hydrogen-bond acceptors (Lipinski definition) is 3. The molecule has 0 saturated heterocycles. The number of fused-ring (bicyclic) bond motifs is 1. The van der Waals surface area contributed by atoms with Gasteiger partial charge in [-0.15, -0.1) is 0 Å². The van der Waals surface area contributed by atoms with Gasteiger partial charge in [0.2, 0.25) is 0 Å². The number of carbonyl (C=O) groups is 1. The number of benzene rings is 2. The van der Waals surface area contributed by atoms with Crippen LogP contribution in [0.3, 0.4) is 0 Å². The molecule has 2 aromatic rings. The first-order valence-corrected chi connectivity index (χ1v) is 7.15. The fourth-order valence-corrected chi connectivity index (χ4v) is 2.78. The third-order valence-corrected chi connectivity index (χ3v) is 3.91. The van der Waals surface area contributed by atoms with Gasteiger partial charge in [-0.25, -0.2) is 0 Å². The molecule has 3 rings (SSSR count). The number of methoxy groups -OCH3 is 1. The lowest BCUT2D eigenvalue weighted by Gasteiger charge is -2.16. The molecule has 1 N–H and O–H groups in total. The lowest BCUT2D eigenvalue weighted by atomic mass is 10.0. The Morgan fingerprint density at radius 3 is 2.46 bits per heavy atom. The van der Waals surface area contributed by atoms with Gasteiger partial charge in [-0.2, -0.15) is 13.2 Å². The Morgan fingerprint density at radius 2 is 1.88 bits per heavy atom. The number of nitrogens with zero attached hydrogens (tertiary/aromatic N) is 1. The van der Waals surface area contributed by atoms with E-state index in [0.29, 0.717) is 5.56 Å². The summed E-state index contributed by atoms with van der Waals surface area (Å²) in [6.45, 7) is 0.239. The van der Waals surface area contributed by atoms with Crippen LogP contribution in [-0.4, -0.2) is 23.0 Å². The van der Waals surface area contributed by atoms with E-state index in [1.54, 1.807) is 12.1 Å². The minimum absolute atomic E-state index is 0.0698. The molecule has 1 aliphatic heterocycles. The minimum Gasteiger partial charge on any atom is -0.508 e. The standard InChI is InChI=1S/C17H14F3NO3/c1-24-13-6-11-9-21(8-10-2-4-12(22)5-3-10)16(23)15(11)14(7-13)17(18,19)20/h2-7,22H,8-9H2,1H3. The summed E-state index contributed by atoms with van der Waals surface area (Å²) < 4.78 is 44.8. The number of hydrogen-bond donors (Lipinski definition) is 1. The summed E-state index contributed by atoms with van der Waals surface area (Å²) in [5.74, 6) is -0.507. The Kier molecular flexibility index (Phi) is 3.87. The van der Waals surface area contributed by atoms with E-state index >= 15 is 0 Å². The zero-order valence-electron chi connectivity index (χ0n) is 12.7. The van der Waals surface area contributed by atoms with E-state index in [1.165, 1.54) is 30.2 Å². The monoisotopic (exact) mass is 337 g/mol. The third-order valence-electron chi connectivity index (χ3n) is 3.91. The molecular formula is C17H14F3NO3. The van der Waals surface area contributed by atoms with E-state index in [1.807, 2.05) is 0 Å². The van der Waals surface area contributed by atoms with Gasteiger partial charge in [-0.3, -0.25) is 4.79 Å². The van der Waals surface area contributed by atoms with Gasteiger partial charge in [-0.05, 0) is 35.4 Å². The maximum atomic E-state index is 13.3. The van der Waals surface area contributed by atoms with Crippen LogP contribution in [-0.2, 0) is 19.3 Å². The van der Waals surface area contributed by atoms with Crippen molar-refractivity contribution in [1.29, 1.82) is 0 Å². The topological polar surface area (TPSA) is 49.8 Å². The van der Waals surface area contributed by atoms with Gasteiger partial charge >= 0.3 is 6.18 Å². The predicted molar refractivity (Wildman–Crippen MR) is 79.7 cm³/mol. The van der Waals surface area contributed by atoms with Crippen LogP contribution < -0.4 is 4.74 Å². The van der Waals surface area contributed by atoms with Crippen LogP contribution in [0.25, 0.3) is 0 Å². The van der Waals surface area contributed by atoms with Crippen molar-refractivity contribution in [3.63, 3.8) is 0 Å². The van der Waals surface area contributed by atoms with Crippen molar-refractivity contribution < 1.29 is 27.8 Å². The van der Waals surface area contributed by atoms with Gasteiger partial charge in [0.25, 0.3) is 5.91 Å². The molecular weight excluding hydrogens is 323 g/mol. The second kappa shape index (κ2) is 5.74. The Labute approximate surface area is 136 Å². The first kappa shape index (κ1) is 16.2. The lowest BCUT2D eigenvalue weighted by Crippen LogP contribution is -2.24. The van der Waals surface area contributed by atoms with Crippen LogP contribution in [0.1, 0.15) is 27.0 Å². The van der Waals surface area contributed by atoms with E-state index in [2.05, 4.69) is 0 Å². The highest BCUT2D eigenvalue weighted by Crippen LogP contribution is 2.40. The number of ether oxygens (including phenoxy) is 1. The molecule has 0 radical (unpaired) electrons. The van der Waals surface area contributed by atoms with E-state index in [9.17, 15) is 23.1 Å². The minimum atomic E-state index is -4.64. The third kappa shape index (κ3) is 2.89. The van der Waals surface area contributed by atoms with Crippen LogP contribution in [0.15, 0.2) is 36.4 Å². The van der Waals surface area contributed by atoms with Crippen molar-refractivity contribution >= 4 is 5.91 Å². The highest BCUT2D eigenvalue weighted by atomic mass is 19.4. The second-order valence-corrected chi connectivity index (χ2v) is 5.53. The molecule has 4 nitrogen and oxygen atoms in total. The predicted octanol–water partition coefficient (Wildman–Crippen LogP) is 3.58. The molecule has 0 aliphatic carbocycles. The van der Waals surface area contributed by atoms with Crippen molar-refractivity contribution in [2.24, 2.45) is 0 Å². The molecule has 0 atom stereocenters. The zero-order valence-corrected chi connectivity index (χ0v) is 12.7. The number of rotatable bonds is 3. The normalized spacial score (nSPS) is 14.0. The summed E-state index contributed by atoms with van der Waals surface area (Å²) in [7, 11) is 1.28. The Hall–Kier alpha value is -2.70. The molecule has 24 heavy (non-hydrogen) atoms. The Bertz CT molecular complexity index is 785. The maximum Gasteiger partial charge on any atom is 0.417 e. The molecule has 126 valence electrons. The number of alkyl halides is 3. The van der Waals surface area contributed by atoms with Crippen molar-refractivity contribution in [2.45, 2.75) is 19.3 Å². The molecule has 2 aromatic carbocycles. The second-order valence-electron chi connectivity index (χ2n) is 5.53. The number of phenols is 1. The van der Waals surface area contributed by atoms with Gasteiger partial charge in [0.1, 0.15) is 11.5 Å². The molecule has 0 unspecified atom stereocenters. The van der Waals surface area contributed by atoms with Crippen molar-refractivity contribution in [2.75, 3.05) is 7.11 Å². The SMILES string of the molecule is COc1cc2c(c(C(F)(F)F)c1)C(=O)N(Cc1ccc(O)cc1)C2. The van der Waals surface area contributed by atoms with Gasteiger partial charge in [-0.1, -0.05) is 12.1 Å². The fraction of sp³-hybridized carbons (Fsp3) is 0.235. The van der Waals surface area contributed by atoms with Gasteiger partial charge in [0.15, 0.2) is 0 Å². The molecule has 1 aliphatic rings. The van der Waals surface area contributed by atoms with Crippen LogP contribution in [0.2, 0.25) is 0 Å². The smallest absolute Gasteiger partial charge is 0.417 e. The van der Waals surface area contributed by atoms with Gasteiger partial charge < -0.3 is 14.7 Å². The zero-order chi connectivity index (χ0) is 17.5. The molecule has 0 bridgehead atoms. The Balaban J connectivity index is 1.96. The van der Waals surface area contributed by atoms with Crippen LogP contribution in [0.4, 0.5) is 13.2 Å². The van der Waals surface area contributed by atoms with Crippen LogP contribution in [0.5, 0.6) is 11.5 Å². The number of aromatic hydroxyl groups is 1. The summed E-state index contributed by atoms with van der Waals surface area (Å²) in [6.07, 6.45) is -4.64. The van der Waals surface area contributed by atoms with Crippen LogP contribution in [0, 0.1) is 0 Å². The highest BCUT2D eigenvalue weighted by Gasteiger charge is 2.41. The number of carbonyl (C=O) groups excluding carboxylic acids is 1. The molecule has 0 fully saturated rings. The average molecular weight is 337 g/mol. The number of phenolic OH excluding ortho intramolecular Hbond substituents is 1. The summed E-state index contributed by atoms with van der Waals surface area (Å²) in [5, 5.41) is 9.28. The molecule has 0 aromatic heterocycles. The van der Waals surface area contributed by atoms with Gasteiger partial charge in [0.05, 0.1) is 18.2 Å². The molecule has 1 heterocycles. The molecule has 0 saturated carbocycles. The van der Waals surface area contributed by atoms with E-state index in [-0.39, 0.29) is 30.2 Å². The first-order chi connectivity index (χ1) is 11.3. The Morgan fingerprint density at radius 1 is 1.21 bits per heavy atom. The first-order valence-electron chi connectivity index (χ1n) is 7.15. The van der Waals surface area contributed by atoms with Crippen molar-refractivity contribution in [3.05, 3.63) is 58.7 Å². The van der Waals surface area contributed by atoms with E-state index in [0.717, 1.165) is 11.6 Å². The summed E-state index contributed by atoms with van der Waals surface area (Å²) in [6, 6.07) is 8.48.